The summed E-state index contributed by atoms with van der Waals surface area (Å²) in [6, 6.07) is -0.245. The number of carboxylic acid groups (broad SMARTS) is 1. The minimum atomic E-state index is -1.31. The lowest BCUT2D eigenvalue weighted by Gasteiger charge is -2.23. The number of carboxylic acids is 1. The topological polar surface area (TPSA) is 104 Å². The van der Waals surface area contributed by atoms with Gasteiger partial charge in [-0.2, -0.15) is 0 Å². The molecule has 0 rings (SSSR count). The molecule has 0 bridgehead atoms. The number of aliphatic hydroxyl groups excluding tert-OH is 1. The molecule has 0 heterocycles. The number of nitrogens with zero attached hydrogens (tertiary/aromatic N) is 1. The lowest BCUT2D eigenvalue weighted by Crippen LogP contribution is -2.40. The number of esters is 1. The Hall–Kier alpha value is -1.89. The lowest BCUT2D eigenvalue weighted by atomic mass is 10.3. The van der Waals surface area contributed by atoms with Crippen molar-refractivity contribution in [3.05, 3.63) is 12.2 Å². The normalized spacial score (nSPS) is 10.6. The molecule has 0 unspecified atom stereocenters. The molecule has 1 amide bonds. The second-order valence-electron chi connectivity index (χ2n) is 3.37. The Morgan fingerprint density at radius 1 is 1.29 bits per heavy atom. The number of carbonyl (C=O) groups excluding carboxylic acids is 2. The van der Waals surface area contributed by atoms with Gasteiger partial charge in [0.05, 0.1) is 6.61 Å². The van der Waals surface area contributed by atoms with Crippen LogP contribution in [0.4, 0.5) is 4.79 Å². The first-order valence-corrected chi connectivity index (χ1v) is 4.92. The van der Waals surface area contributed by atoms with Crippen LogP contribution in [0.25, 0.3) is 0 Å². The van der Waals surface area contributed by atoms with Crippen LogP contribution in [0.2, 0.25) is 0 Å². The van der Waals surface area contributed by atoms with Gasteiger partial charge < -0.3 is 19.8 Å². The Labute approximate surface area is 98.3 Å². The molecule has 0 aromatic heterocycles. The molecule has 0 saturated carbocycles. The Balaban J connectivity index is 4.40. The Kier molecular flexibility index (Phi) is 6.57. The van der Waals surface area contributed by atoms with Gasteiger partial charge in [-0.1, -0.05) is 0 Å². The van der Waals surface area contributed by atoms with Gasteiger partial charge in [-0.05, 0) is 13.8 Å². The molecule has 96 valence electrons. The zero-order chi connectivity index (χ0) is 13.4. The fourth-order valence-electron chi connectivity index (χ4n) is 0.986. The van der Waals surface area contributed by atoms with Crippen LogP contribution < -0.4 is 0 Å². The number of amides is 1. The number of aliphatic hydroxyl groups is 1. The highest BCUT2D eigenvalue weighted by molar-refractivity contribution is 5.95. The van der Waals surface area contributed by atoms with Gasteiger partial charge in [-0.15, -0.1) is 0 Å². The van der Waals surface area contributed by atoms with E-state index >= 15 is 0 Å². The van der Waals surface area contributed by atoms with Crippen molar-refractivity contribution in [1.29, 1.82) is 0 Å². The van der Waals surface area contributed by atoms with Crippen LogP contribution in [0.3, 0.4) is 0 Å². The zero-order valence-corrected chi connectivity index (χ0v) is 9.62. The van der Waals surface area contributed by atoms with Gasteiger partial charge in [0.25, 0.3) is 0 Å². The summed E-state index contributed by atoms with van der Waals surface area (Å²) >= 11 is 0. The zero-order valence-electron chi connectivity index (χ0n) is 9.62. The van der Waals surface area contributed by atoms with Gasteiger partial charge in [0.1, 0.15) is 0 Å². The maximum Gasteiger partial charge on any atom is 0.418 e. The summed E-state index contributed by atoms with van der Waals surface area (Å²) in [6.07, 6.45) is 0.285. The highest BCUT2D eigenvalue weighted by Gasteiger charge is 2.19. The second-order valence-corrected chi connectivity index (χ2v) is 3.37. The summed E-state index contributed by atoms with van der Waals surface area (Å²) in [7, 11) is 0. The first-order valence-electron chi connectivity index (χ1n) is 4.92. The standard InChI is InChI=1S/C10H15NO6/c1-7(2)11(5-6-12)10(16)17-9(15)4-3-8(13)14/h3-4,7,12H,5-6H2,1-2H3,(H,13,14). The third kappa shape index (κ3) is 6.31. The van der Waals surface area contributed by atoms with Gasteiger partial charge in [0, 0.05) is 24.7 Å². The number of aliphatic carboxylic acids is 1. The summed E-state index contributed by atoms with van der Waals surface area (Å²) < 4.78 is 4.36. The largest absolute Gasteiger partial charge is 0.478 e. The van der Waals surface area contributed by atoms with Crippen LogP contribution in [0.15, 0.2) is 12.2 Å². The van der Waals surface area contributed by atoms with E-state index in [2.05, 4.69) is 4.74 Å². The van der Waals surface area contributed by atoms with Gasteiger partial charge in [-0.3, -0.25) is 0 Å². The average molecular weight is 245 g/mol. The summed E-state index contributed by atoms with van der Waals surface area (Å²) in [5.74, 6) is -2.38. The molecule has 0 aliphatic rings. The third-order valence-electron chi connectivity index (χ3n) is 1.75. The van der Waals surface area contributed by atoms with Crippen LogP contribution in [0.1, 0.15) is 13.8 Å². The molecule has 2 N–H and O–H groups in total. The Bertz CT molecular complexity index is 323. The van der Waals surface area contributed by atoms with Gasteiger partial charge in [0.15, 0.2) is 0 Å². The monoisotopic (exact) mass is 245 g/mol. The second kappa shape index (κ2) is 7.39. The molecular formula is C10H15NO6. The fraction of sp³-hybridized carbons (Fsp3) is 0.500. The van der Waals surface area contributed by atoms with E-state index in [0.717, 1.165) is 4.90 Å². The summed E-state index contributed by atoms with van der Waals surface area (Å²) in [5, 5.41) is 17.0. The summed E-state index contributed by atoms with van der Waals surface area (Å²) in [5.41, 5.74) is 0. The molecule has 0 aromatic carbocycles. The van der Waals surface area contributed by atoms with E-state index < -0.39 is 18.0 Å². The molecule has 0 radical (unpaired) electrons. The van der Waals surface area contributed by atoms with Gasteiger partial charge >= 0.3 is 18.0 Å². The quantitative estimate of drug-likeness (QED) is 0.401. The van der Waals surface area contributed by atoms with Crippen molar-refractivity contribution in [2.75, 3.05) is 13.2 Å². The molecule has 0 aliphatic heterocycles. The third-order valence-corrected chi connectivity index (χ3v) is 1.75. The first-order chi connectivity index (χ1) is 7.88. The van der Waals surface area contributed by atoms with Crippen LogP contribution in [-0.2, 0) is 14.3 Å². The van der Waals surface area contributed by atoms with E-state index in [4.69, 9.17) is 10.2 Å². The van der Waals surface area contributed by atoms with Crippen LogP contribution in [0, 0.1) is 0 Å². The first kappa shape index (κ1) is 15.1. The molecule has 0 atom stereocenters. The highest BCUT2D eigenvalue weighted by Crippen LogP contribution is 2.01. The van der Waals surface area contributed by atoms with Crippen LogP contribution in [0.5, 0.6) is 0 Å². The van der Waals surface area contributed by atoms with E-state index in [1.54, 1.807) is 13.8 Å². The van der Waals surface area contributed by atoms with E-state index in [-0.39, 0.29) is 19.2 Å². The van der Waals surface area contributed by atoms with Crippen molar-refractivity contribution in [1.82, 2.24) is 4.90 Å². The number of ether oxygens (including phenoxy) is 1. The summed E-state index contributed by atoms with van der Waals surface area (Å²) in [4.78, 5) is 33.7. The van der Waals surface area contributed by atoms with Crippen molar-refractivity contribution in [3.63, 3.8) is 0 Å². The number of carbonyl (C=O) groups is 3. The molecule has 0 fully saturated rings. The predicted octanol–water partition coefficient (Wildman–Crippen LogP) is -0.00690. The molecule has 0 aliphatic carbocycles. The summed E-state index contributed by atoms with van der Waals surface area (Å²) in [6.45, 7) is 3.15. The van der Waals surface area contributed by atoms with E-state index in [0.29, 0.717) is 12.2 Å². The Morgan fingerprint density at radius 3 is 2.29 bits per heavy atom. The molecule has 0 spiro atoms. The van der Waals surface area contributed by atoms with Crippen LogP contribution >= 0.6 is 0 Å². The maximum absolute atomic E-state index is 11.4. The van der Waals surface area contributed by atoms with Gasteiger partial charge in [-0.25, -0.2) is 14.4 Å². The van der Waals surface area contributed by atoms with Crippen molar-refractivity contribution in [2.24, 2.45) is 0 Å². The van der Waals surface area contributed by atoms with E-state index in [1.807, 2.05) is 0 Å². The van der Waals surface area contributed by atoms with Crippen molar-refractivity contribution >= 4 is 18.0 Å². The van der Waals surface area contributed by atoms with Crippen molar-refractivity contribution < 1.29 is 29.3 Å². The Morgan fingerprint density at radius 2 is 1.88 bits per heavy atom. The molecule has 17 heavy (non-hydrogen) atoms. The number of hydrogen-bond donors (Lipinski definition) is 2. The maximum atomic E-state index is 11.4. The molecular weight excluding hydrogens is 230 g/mol. The molecule has 0 saturated heterocycles. The molecule has 7 heteroatoms. The SMILES string of the molecule is CC(C)N(CCO)C(=O)OC(=O)C=CC(=O)O. The highest BCUT2D eigenvalue weighted by atomic mass is 16.6. The molecule has 7 nitrogen and oxygen atoms in total. The fourth-order valence-corrected chi connectivity index (χ4v) is 0.986. The smallest absolute Gasteiger partial charge is 0.418 e. The predicted molar refractivity (Wildman–Crippen MR) is 57.2 cm³/mol. The number of hydrogen-bond acceptors (Lipinski definition) is 5. The lowest BCUT2D eigenvalue weighted by molar-refractivity contribution is -0.135. The van der Waals surface area contributed by atoms with E-state index in [1.165, 1.54) is 0 Å². The van der Waals surface area contributed by atoms with Crippen LogP contribution in [-0.4, -0.2) is 52.3 Å². The molecule has 0 aromatic rings. The number of rotatable bonds is 5. The van der Waals surface area contributed by atoms with Gasteiger partial charge in [0.2, 0.25) is 0 Å². The van der Waals surface area contributed by atoms with Crippen molar-refractivity contribution in [2.45, 2.75) is 19.9 Å². The van der Waals surface area contributed by atoms with E-state index in [9.17, 15) is 14.4 Å². The van der Waals surface area contributed by atoms with Crippen molar-refractivity contribution in [3.8, 4) is 0 Å². The average Bonchev–Trinajstić information content (AvgIpc) is 2.22. The minimum absolute atomic E-state index is 0.0342. The minimum Gasteiger partial charge on any atom is -0.478 e.